The van der Waals surface area contributed by atoms with Gasteiger partial charge in [-0.05, 0) is 25.7 Å². The molecule has 0 aromatic heterocycles. The van der Waals surface area contributed by atoms with Crippen molar-refractivity contribution in [3.05, 3.63) is 11.1 Å². The maximum Gasteiger partial charge on any atom is 0.0112 e. The highest BCUT2D eigenvalue weighted by atomic mass is 35.5. The molecule has 0 nitrogen and oxygen atoms in total. The number of hydrogen-bond acceptors (Lipinski definition) is 0. The molecular weight excluding hydrogens is 204 g/mol. The summed E-state index contributed by atoms with van der Waals surface area (Å²) in [6.07, 6.45) is 13.0. The maximum absolute atomic E-state index is 5.96. The van der Waals surface area contributed by atoms with E-state index in [0.717, 1.165) is 11.0 Å². The standard InChI is InChI=1S/C14H27Cl/c1-4-6-8-10-14(12-13(3)15)11-9-7-5-2/h12,14H,4-11H2,1-3H3. The van der Waals surface area contributed by atoms with Crippen molar-refractivity contribution in [3.8, 4) is 0 Å². The van der Waals surface area contributed by atoms with Crippen molar-refractivity contribution in [1.82, 2.24) is 0 Å². The van der Waals surface area contributed by atoms with Crippen molar-refractivity contribution in [2.75, 3.05) is 0 Å². The summed E-state index contributed by atoms with van der Waals surface area (Å²) in [5, 5.41) is 0.966. The molecule has 0 saturated heterocycles. The molecule has 0 aromatic rings. The molecule has 0 saturated carbocycles. The van der Waals surface area contributed by atoms with Gasteiger partial charge >= 0.3 is 0 Å². The van der Waals surface area contributed by atoms with Crippen molar-refractivity contribution in [1.29, 1.82) is 0 Å². The van der Waals surface area contributed by atoms with Crippen LogP contribution in [0.25, 0.3) is 0 Å². The highest BCUT2D eigenvalue weighted by molar-refractivity contribution is 6.29. The molecule has 0 fully saturated rings. The highest BCUT2D eigenvalue weighted by Gasteiger charge is 2.05. The minimum atomic E-state index is 0.723. The van der Waals surface area contributed by atoms with Crippen LogP contribution in [0, 0.1) is 5.92 Å². The number of unbranched alkanes of at least 4 members (excludes halogenated alkanes) is 4. The van der Waals surface area contributed by atoms with Gasteiger partial charge in [-0.15, -0.1) is 0 Å². The molecular formula is C14H27Cl. The molecule has 0 aliphatic carbocycles. The SMILES string of the molecule is CCCCCC(C=C(C)Cl)CCCCC. The minimum absolute atomic E-state index is 0.723. The van der Waals surface area contributed by atoms with Gasteiger partial charge in [0.15, 0.2) is 0 Å². The second kappa shape index (κ2) is 10.5. The van der Waals surface area contributed by atoms with E-state index in [4.69, 9.17) is 11.6 Å². The fourth-order valence-electron chi connectivity index (χ4n) is 1.95. The first-order chi connectivity index (χ1) is 7.20. The van der Waals surface area contributed by atoms with E-state index in [-0.39, 0.29) is 0 Å². The number of hydrogen-bond donors (Lipinski definition) is 0. The molecule has 0 rings (SSSR count). The Balaban J connectivity index is 3.79. The van der Waals surface area contributed by atoms with E-state index in [1.54, 1.807) is 0 Å². The average molecular weight is 231 g/mol. The van der Waals surface area contributed by atoms with Gasteiger partial charge in [0, 0.05) is 5.03 Å². The summed E-state index contributed by atoms with van der Waals surface area (Å²) in [5.41, 5.74) is 0. The molecule has 0 amide bonds. The lowest BCUT2D eigenvalue weighted by Crippen LogP contribution is -1.97. The molecule has 0 heterocycles. The fourth-order valence-corrected chi connectivity index (χ4v) is 2.13. The van der Waals surface area contributed by atoms with Crippen molar-refractivity contribution >= 4 is 11.6 Å². The van der Waals surface area contributed by atoms with Crippen molar-refractivity contribution < 1.29 is 0 Å². The molecule has 0 aliphatic heterocycles. The van der Waals surface area contributed by atoms with E-state index in [0.29, 0.717) is 0 Å². The Hall–Kier alpha value is 0.0300. The van der Waals surface area contributed by atoms with Crippen LogP contribution in [-0.4, -0.2) is 0 Å². The third-order valence-corrected chi connectivity index (χ3v) is 2.95. The van der Waals surface area contributed by atoms with Crippen LogP contribution in [0.1, 0.15) is 72.1 Å². The summed E-state index contributed by atoms with van der Waals surface area (Å²) < 4.78 is 0. The van der Waals surface area contributed by atoms with Gasteiger partial charge in [-0.25, -0.2) is 0 Å². The van der Waals surface area contributed by atoms with Gasteiger partial charge in [-0.3, -0.25) is 0 Å². The van der Waals surface area contributed by atoms with E-state index in [1.165, 1.54) is 51.4 Å². The van der Waals surface area contributed by atoms with Crippen molar-refractivity contribution in [2.24, 2.45) is 5.92 Å². The van der Waals surface area contributed by atoms with Gasteiger partial charge in [0.1, 0.15) is 0 Å². The predicted molar refractivity (Wildman–Crippen MR) is 71.4 cm³/mol. The van der Waals surface area contributed by atoms with E-state index in [9.17, 15) is 0 Å². The molecule has 90 valence electrons. The zero-order valence-corrected chi connectivity index (χ0v) is 11.4. The number of halogens is 1. The Bertz CT molecular complexity index is 147. The Labute approximate surface area is 101 Å². The van der Waals surface area contributed by atoms with Gasteiger partial charge in [0.05, 0.1) is 0 Å². The lowest BCUT2D eigenvalue weighted by Gasteiger charge is -2.12. The van der Waals surface area contributed by atoms with E-state index in [2.05, 4.69) is 19.9 Å². The second-order valence-corrected chi connectivity index (χ2v) is 5.10. The monoisotopic (exact) mass is 230 g/mol. The Kier molecular flexibility index (Phi) is 10.6. The van der Waals surface area contributed by atoms with Gasteiger partial charge in [0.2, 0.25) is 0 Å². The van der Waals surface area contributed by atoms with Crippen molar-refractivity contribution in [2.45, 2.75) is 72.1 Å². The van der Waals surface area contributed by atoms with E-state index < -0.39 is 0 Å². The summed E-state index contributed by atoms with van der Waals surface area (Å²) in [7, 11) is 0. The molecule has 0 bridgehead atoms. The van der Waals surface area contributed by atoms with Crippen LogP contribution in [-0.2, 0) is 0 Å². The van der Waals surface area contributed by atoms with Crippen LogP contribution >= 0.6 is 11.6 Å². The van der Waals surface area contributed by atoms with Crippen LogP contribution in [0.2, 0.25) is 0 Å². The fraction of sp³-hybridized carbons (Fsp3) is 0.857. The lowest BCUT2D eigenvalue weighted by atomic mass is 9.94. The average Bonchev–Trinajstić information content (AvgIpc) is 2.17. The molecule has 0 N–H and O–H groups in total. The Morgan fingerprint density at radius 2 is 1.47 bits per heavy atom. The van der Waals surface area contributed by atoms with Gasteiger partial charge in [-0.1, -0.05) is 70.0 Å². The molecule has 0 unspecified atom stereocenters. The summed E-state index contributed by atoms with van der Waals surface area (Å²) in [4.78, 5) is 0. The Morgan fingerprint density at radius 1 is 1.00 bits per heavy atom. The topological polar surface area (TPSA) is 0 Å². The zero-order chi connectivity index (χ0) is 11.5. The minimum Gasteiger partial charge on any atom is -0.0898 e. The van der Waals surface area contributed by atoms with Crippen LogP contribution < -0.4 is 0 Å². The smallest absolute Gasteiger partial charge is 0.0112 e. The van der Waals surface area contributed by atoms with Gasteiger partial charge < -0.3 is 0 Å². The molecule has 0 radical (unpaired) electrons. The molecule has 0 aromatic carbocycles. The number of allylic oxidation sites excluding steroid dienone is 2. The van der Waals surface area contributed by atoms with Crippen LogP contribution in [0.4, 0.5) is 0 Å². The largest absolute Gasteiger partial charge is 0.0898 e. The molecule has 1 heteroatoms. The predicted octanol–water partition coefficient (Wildman–Crippen LogP) is 5.91. The Morgan fingerprint density at radius 3 is 1.80 bits per heavy atom. The van der Waals surface area contributed by atoms with Crippen LogP contribution in [0.15, 0.2) is 11.1 Å². The molecule has 0 aliphatic rings. The van der Waals surface area contributed by atoms with E-state index >= 15 is 0 Å². The quantitative estimate of drug-likeness (QED) is 0.432. The third-order valence-electron chi connectivity index (χ3n) is 2.82. The van der Waals surface area contributed by atoms with Gasteiger partial charge in [-0.2, -0.15) is 0 Å². The maximum atomic E-state index is 5.96. The lowest BCUT2D eigenvalue weighted by molar-refractivity contribution is 0.480. The first-order valence-electron chi connectivity index (χ1n) is 6.54. The second-order valence-electron chi connectivity index (χ2n) is 4.51. The summed E-state index contributed by atoms with van der Waals surface area (Å²) in [6.45, 7) is 6.51. The molecule has 15 heavy (non-hydrogen) atoms. The summed E-state index contributed by atoms with van der Waals surface area (Å²) in [6, 6.07) is 0. The molecule has 0 spiro atoms. The van der Waals surface area contributed by atoms with E-state index in [1.807, 2.05) is 6.92 Å². The normalized spacial score (nSPS) is 12.5. The summed E-state index contributed by atoms with van der Waals surface area (Å²) >= 11 is 5.96. The third kappa shape index (κ3) is 10.3. The zero-order valence-electron chi connectivity index (χ0n) is 10.7. The van der Waals surface area contributed by atoms with Crippen LogP contribution in [0.5, 0.6) is 0 Å². The van der Waals surface area contributed by atoms with Crippen molar-refractivity contribution in [3.63, 3.8) is 0 Å². The number of rotatable bonds is 9. The van der Waals surface area contributed by atoms with Crippen LogP contribution in [0.3, 0.4) is 0 Å². The molecule has 0 atom stereocenters. The first-order valence-corrected chi connectivity index (χ1v) is 6.92. The highest BCUT2D eigenvalue weighted by Crippen LogP contribution is 2.21. The summed E-state index contributed by atoms with van der Waals surface area (Å²) in [5.74, 6) is 0.723. The first kappa shape index (κ1) is 15.0. The van der Waals surface area contributed by atoms with Gasteiger partial charge in [0.25, 0.3) is 0 Å².